The molecule has 1 aromatic carbocycles. The molecule has 0 aromatic heterocycles. The summed E-state index contributed by atoms with van der Waals surface area (Å²) in [6.07, 6.45) is 25.1. The molecule has 4 rings (SSSR count). The highest BCUT2D eigenvalue weighted by Crippen LogP contribution is 2.46. The first kappa shape index (κ1) is 24.3. The first-order valence-corrected chi connectivity index (χ1v) is 14.4. The second-order valence-corrected chi connectivity index (χ2v) is 11.9. The number of hydrogen-bond donors (Lipinski definition) is 0. The van der Waals surface area contributed by atoms with Crippen LogP contribution in [-0.4, -0.2) is 0 Å². The number of benzene rings is 1. The molecule has 3 fully saturated rings. The third-order valence-corrected chi connectivity index (χ3v) is 9.92. The van der Waals surface area contributed by atoms with Crippen molar-refractivity contribution in [3.63, 3.8) is 0 Å². The van der Waals surface area contributed by atoms with Crippen molar-refractivity contribution >= 4 is 0 Å². The summed E-state index contributed by atoms with van der Waals surface area (Å²) in [6.45, 7) is 2.00. The minimum absolute atomic E-state index is 0.341. The molecular formula is C31H49F. The molecule has 0 radical (unpaired) electrons. The minimum atomic E-state index is -0.341. The molecule has 0 unspecified atom stereocenters. The predicted octanol–water partition coefficient (Wildman–Crippen LogP) is 9.70. The van der Waals surface area contributed by atoms with E-state index in [4.69, 9.17) is 0 Å². The monoisotopic (exact) mass is 440 g/mol. The predicted molar refractivity (Wildman–Crippen MR) is 135 cm³/mol. The topological polar surface area (TPSA) is 0 Å². The summed E-state index contributed by atoms with van der Waals surface area (Å²) in [5.74, 6) is 6.20. The van der Waals surface area contributed by atoms with Crippen molar-refractivity contribution < 1.29 is 4.39 Å². The van der Waals surface area contributed by atoms with Gasteiger partial charge in [0, 0.05) is 0 Å². The third-order valence-electron chi connectivity index (χ3n) is 9.92. The van der Waals surface area contributed by atoms with Crippen molar-refractivity contribution in [3.05, 3.63) is 35.4 Å². The summed E-state index contributed by atoms with van der Waals surface area (Å²) in [4.78, 5) is 0. The second-order valence-electron chi connectivity index (χ2n) is 11.9. The first-order chi connectivity index (χ1) is 15.7. The normalized spacial score (nSPS) is 33.8. The van der Waals surface area contributed by atoms with Gasteiger partial charge in [0.1, 0.15) is 6.67 Å². The number of aryl methyl sites for hydroxylation is 1. The smallest absolute Gasteiger partial charge is 0.115 e. The van der Waals surface area contributed by atoms with Crippen LogP contribution in [0.2, 0.25) is 0 Å². The van der Waals surface area contributed by atoms with E-state index in [9.17, 15) is 4.39 Å². The summed E-state index contributed by atoms with van der Waals surface area (Å²) in [5, 5.41) is 0. The Kier molecular flexibility index (Phi) is 9.54. The molecule has 0 atom stereocenters. The van der Waals surface area contributed by atoms with E-state index in [0.29, 0.717) is 0 Å². The van der Waals surface area contributed by atoms with E-state index in [1.54, 1.807) is 25.7 Å². The standard InChI is InChI=1S/C31H49F/c1-2-3-4-24-11-15-28(16-12-24)30-19-21-31(22-20-30)29-17-13-26(14-18-29)6-5-25-7-9-27(23-32)10-8-25/h7-10,24,26,28-31H,2-6,11-23H2,1H3/t24-,26?,28-,29?,30?,31?. The zero-order chi connectivity index (χ0) is 22.2. The van der Waals surface area contributed by atoms with Gasteiger partial charge in [0.25, 0.3) is 0 Å². The van der Waals surface area contributed by atoms with E-state index in [0.717, 1.165) is 41.1 Å². The van der Waals surface area contributed by atoms with Gasteiger partial charge in [-0.25, -0.2) is 4.39 Å². The lowest BCUT2D eigenvalue weighted by Crippen LogP contribution is -2.29. The summed E-state index contributed by atoms with van der Waals surface area (Å²) >= 11 is 0. The summed E-state index contributed by atoms with van der Waals surface area (Å²) in [6, 6.07) is 8.19. The maximum absolute atomic E-state index is 12.7. The fourth-order valence-electron chi connectivity index (χ4n) is 7.64. The van der Waals surface area contributed by atoms with E-state index in [1.807, 2.05) is 12.1 Å². The lowest BCUT2D eigenvalue weighted by Gasteiger charge is -2.41. The molecule has 3 saturated carbocycles. The van der Waals surface area contributed by atoms with Gasteiger partial charge in [0.05, 0.1) is 0 Å². The molecule has 1 aromatic rings. The number of alkyl halides is 1. The molecule has 3 aliphatic rings. The minimum Gasteiger partial charge on any atom is -0.246 e. The van der Waals surface area contributed by atoms with Crippen LogP contribution in [0.15, 0.2) is 24.3 Å². The second kappa shape index (κ2) is 12.6. The van der Waals surface area contributed by atoms with Crippen LogP contribution in [0, 0.1) is 35.5 Å². The molecule has 32 heavy (non-hydrogen) atoms. The summed E-state index contributed by atoms with van der Waals surface area (Å²) in [5.41, 5.74) is 2.20. The van der Waals surface area contributed by atoms with Crippen LogP contribution in [0.1, 0.15) is 121 Å². The molecule has 3 aliphatic carbocycles. The molecule has 0 heterocycles. The summed E-state index contributed by atoms with van der Waals surface area (Å²) in [7, 11) is 0. The van der Waals surface area contributed by atoms with Crippen molar-refractivity contribution in [1.82, 2.24) is 0 Å². The van der Waals surface area contributed by atoms with Gasteiger partial charge in [-0.1, -0.05) is 76.1 Å². The molecule has 0 nitrogen and oxygen atoms in total. The Labute approximate surface area is 198 Å². The number of halogens is 1. The zero-order valence-corrected chi connectivity index (χ0v) is 20.9. The van der Waals surface area contributed by atoms with Crippen molar-refractivity contribution in [3.8, 4) is 0 Å². The van der Waals surface area contributed by atoms with Crippen molar-refractivity contribution in [2.45, 2.75) is 123 Å². The van der Waals surface area contributed by atoms with Gasteiger partial charge in [0.2, 0.25) is 0 Å². The van der Waals surface area contributed by atoms with Crippen LogP contribution in [0.4, 0.5) is 4.39 Å². The Balaban J connectivity index is 1.11. The van der Waals surface area contributed by atoms with Crippen molar-refractivity contribution in [1.29, 1.82) is 0 Å². The van der Waals surface area contributed by atoms with E-state index < -0.39 is 0 Å². The maximum atomic E-state index is 12.7. The van der Waals surface area contributed by atoms with Crippen molar-refractivity contribution in [2.24, 2.45) is 35.5 Å². The molecule has 0 spiro atoms. The van der Waals surface area contributed by atoms with Crippen LogP contribution in [0.5, 0.6) is 0 Å². The Morgan fingerprint density at radius 3 is 1.44 bits per heavy atom. The molecule has 0 amide bonds. The molecule has 1 heteroatoms. The van der Waals surface area contributed by atoms with Gasteiger partial charge in [-0.3, -0.25) is 0 Å². The largest absolute Gasteiger partial charge is 0.246 e. The van der Waals surface area contributed by atoms with Crippen LogP contribution in [0.25, 0.3) is 0 Å². The lowest BCUT2D eigenvalue weighted by atomic mass is 9.64. The number of unbranched alkanes of at least 4 members (excludes halogenated alkanes) is 1. The van der Waals surface area contributed by atoms with E-state index in [1.165, 1.54) is 89.0 Å². The third kappa shape index (κ3) is 6.83. The Hall–Kier alpha value is -0.850. The molecule has 0 bridgehead atoms. The SMILES string of the molecule is CCCC[C@H]1CC[C@H](C2CCC(C3CCC(CCc4ccc(CF)cc4)CC3)CC2)CC1. The molecule has 0 saturated heterocycles. The highest BCUT2D eigenvalue weighted by Gasteiger charge is 2.34. The number of hydrogen-bond acceptors (Lipinski definition) is 0. The Morgan fingerprint density at radius 1 is 0.594 bits per heavy atom. The Morgan fingerprint density at radius 2 is 1.00 bits per heavy atom. The molecule has 0 N–H and O–H groups in total. The van der Waals surface area contributed by atoms with Gasteiger partial charge < -0.3 is 0 Å². The van der Waals surface area contributed by atoms with E-state index in [2.05, 4.69) is 19.1 Å². The molecular weight excluding hydrogens is 391 g/mol. The average molecular weight is 441 g/mol. The van der Waals surface area contributed by atoms with Crippen LogP contribution >= 0.6 is 0 Å². The zero-order valence-electron chi connectivity index (χ0n) is 20.9. The number of rotatable bonds is 9. The maximum Gasteiger partial charge on any atom is 0.115 e. The highest BCUT2D eigenvalue weighted by atomic mass is 19.1. The average Bonchev–Trinajstić information content (AvgIpc) is 2.87. The highest BCUT2D eigenvalue weighted by molar-refractivity contribution is 5.22. The van der Waals surface area contributed by atoms with Crippen LogP contribution < -0.4 is 0 Å². The van der Waals surface area contributed by atoms with Gasteiger partial charge in [-0.05, 0) is 111 Å². The molecule has 180 valence electrons. The van der Waals surface area contributed by atoms with E-state index in [-0.39, 0.29) is 6.67 Å². The van der Waals surface area contributed by atoms with E-state index >= 15 is 0 Å². The Bertz CT molecular complexity index is 625. The fourth-order valence-corrected chi connectivity index (χ4v) is 7.64. The summed E-state index contributed by atoms with van der Waals surface area (Å²) < 4.78 is 12.7. The first-order valence-electron chi connectivity index (χ1n) is 14.4. The van der Waals surface area contributed by atoms with Gasteiger partial charge in [-0.2, -0.15) is 0 Å². The van der Waals surface area contributed by atoms with Gasteiger partial charge >= 0.3 is 0 Å². The van der Waals surface area contributed by atoms with Crippen LogP contribution in [0.3, 0.4) is 0 Å². The van der Waals surface area contributed by atoms with Gasteiger partial charge in [0.15, 0.2) is 0 Å². The van der Waals surface area contributed by atoms with Crippen molar-refractivity contribution in [2.75, 3.05) is 0 Å². The van der Waals surface area contributed by atoms with Crippen LogP contribution in [-0.2, 0) is 13.1 Å². The van der Waals surface area contributed by atoms with Gasteiger partial charge in [-0.15, -0.1) is 0 Å². The fraction of sp³-hybridized carbons (Fsp3) is 0.806. The molecule has 0 aliphatic heterocycles. The lowest BCUT2D eigenvalue weighted by molar-refractivity contribution is 0.102. The quantitative estimate of drug-likeness (QED) is 0.358.